The molecule has 1 heteroatoms. The first kappa shape index (κ1) is 11.4. The van der Waals surface area contributed by atoms with Gasteiger partial charge >= 0.3 is 0 Å². The lowest BCUT2D eigenvalue weighted by Crippen LogP contribution is -2.35. The third kappa shape index (κ3) is 2.35. The number of hydrogen-bond donors (Lipinski definition) is 1. The van der Waals surface area contributed by atoms with Gasteiger partial charge in [0.1, 0.15) is 0 Å². The second-order valence-electron chi connectivity index (χ2n) is 4.65. The summed E-state index contributed by atoms with van der Waals surface area (Å²) in [5.74, 6) is 0.696. The van der Waals surface area contributed by atoms with Crippen molar-refractivity contribution in [2.45, 2.75) is 32.2 Å². The zero-order chi connectivity index (χ0) is 11.4. The van der Waals surface area contributed by atoms with E-state index in [1.165, 1.54) is 30.4 Å². The Morgan fingerprint density at radius 1 is 1.38 bits per heavy atom. The number of benzene rings is 1. The molecule has 0 aliphatic heterocycles. The number of nitrogens with one attached hydrogen (secondary N) is 1. The molecule has 1 atom stereocenters. The Kier molecular flexibility index (Phi) is 3.79. The van der Waals surface area contributed by atoms with E-state index in [0.717, 1.165) is 6.54 Å². The third-order valence-electron chi connectivity index (χ3n) is 3.47. The van der Waals surface area contributed by atoms with Crippen LogP contribution in [0.1, 0.15) is 24.5 Å². The summed E-state index contributed by atoms with van der Waals surface area (Å²) in [7, 11) is 0. The van der Waals surface area contributed by atoms with Crippen LogP contribution in [0.15, 0.2) is 36.9 Å². The highest BCUT2D eigenvalue weighted by Crippen LogP contribution is 2.28. The topological polar surface area (TPSA) is 12.0 Å². The third-order valence-corrected chi connectivity index (χ3v) is 3.47. The van der Waals surface area contributed by atoms with Crippen LogP contribution in [0.3, 0.4) is 0 Å². The Morgan fingerprint density at radius 2 is 2.00 bits per heavy atom. The Hall–Kier alpha value is -1.08. The lowest BCUT2D eigenvalue weighted by molar-refractivity contribution is 0.421. The van der Waals surface area contributed by atoms with Gasteiger partial charge in [0.15, 0.2) is 0 Å². The van der Waals surface area contributed by atoms with Crippen LogP contribution in [0.2, 0.25) is 0 Å². The second-order valence-corrected chi connectivity index (χ2v) is 4.65. The molecule has 1 aromatic carbocycles. The Morgan fingerprint density at radius 3 is 2.50 bits per heavy atom. The summed E-state index contributed by atoms with van der Waals surface area (Å²) in [6.45, 7) is 7.25. The summed E-state index contributed by atoms with van der Waals surface area (Å²) in [4.78, 5) is 0. The van der Waals surface area contributed by atoms with Crippen molar-refractivity contribution in [2.24, 2.45) is 5.92 Å². The van der Waals surface area contributed by atoms with Crippen molar-refractivity contribution in [1.82, 2.24) is 5.32 Å². The summed E-state index contributed by atoms with van der Waals surface area (Å²) in [6.07, 6.45) is 5.66. The average molecular weight is 215 g/mol. The second kappa shape index (κ2) is 5.31. The van der Waals surface area contributed by atoms with Crippen LogP contribution in [-0.4, -0.2) is 12.6 Å². The molecule has 1 aromatic rings. The molecule has 0 saturated carbocycles. The highest BCUT2D eigenvalue weighted by molar-refractivity contribution is 5.33. The molecule has 1 N–H and O–H groups in total. The van der Waals surface area contributed by atoms with Gasteiger partial charge in [0.2, 0.25) is 0 Å². The molecule has 1 unspecified atom stereocenters. The molecule has 86 valence electrons. The van der Waals surface area contributed by atoms with E-state index in [-0.39, 0.29) is 0 Å². The van der Waals surface area contributed by atoms with Gasteiger partial charge in [-0.25, -0.2) is 0 Å². The van der Waals surface area contributed by atoms with Gasteiger partial charge in [-0.3, -0.25) is 0 Å². The fourth-order valence-corrected chi connectivity index (χ4v) is 2.60. The fraction of sp³-hybridized carbons (Fsp3) is 0.467. The van der Waals surface area contributed by atoms with Crippen molar-refractivity contribution in [3.8, 4) is 0 Å². The molecule has 0 aromatic heterocycles. The van der Waals surface area contributed by atoms with Crippen molar-refractivity contribution in [1.29, 1.82) is 0 Å². The first-order valence-electron chi connectivity index (χ1n) is 6.28. The molecule has 16 heavy (non-hydrogen) atoms. The van der Waals surface area contributed by atoms with Crippen LogP contribution < -0.4 is 5.32 Å². The molecule has 0 spiro atoms. The zero-order valence-electron chi connectivity index (χ0n) is 10.1. The van der Waals surface area contributed by atoms with Gasteiger partial charge in [0, 0.05) is 6.04 Å². The first-order valence-corrected chi connectivity index (χ1v) is 6.28. The van der Waals surface area contributed by atoms with Gasteiger partial charge in [-0.1, -0.05) is 37.3 Å². The number of hydrogen-bond acceptors (Lipinski definition) is 1. The summed E-state index contributed by atoms with van der Waals surface area (Å²) >= 11 is 0. The first-order chi connectivity index (χ1) is 7.85. The molecule has 0 saturated heterocycles. The van der Waals surface area contributed by atoms with Crippen LogP contribution in [0.5, 0.6) is 0 Å². The van der Waals surface area contributed by atoms with Crippen LogP contribution in [0.4, 0.5) is 0 Å². The molecule has 1 nitrogen and oxygen atoms in total. The van der Waals surface area contributed by atoms with E-state index >= 15 is 0 Å². The minimum atomic E-state index is 0.465. The van der Waals surface area contributed by atoms with Crippen molar-refractivity contribution >= 4 is 0 Å². The smallest absolute Gasteiger partial charge is 0.0282 e. The number of fused-ring (bicyclic) bond motifs is 1. The van der Waals surface area contributed by atoms with Gasteiger partial charge in [-0.05, 0) is 42.9 Å². The van der Waals surface area contributed by atoms with Crippen LogP contribution in [0.25, 0.3) is 0 Å². The Labute approximate surface area is 98.6 Å². The highest BCUT2D eigenvalue weighted by atomic mass is 14.9. The molecular weight excluding hydrogens is 194 g/mol. The minimum Gasteiger partial charge on any atom is -0.310 e. The summed E-state index contributed by atoms with van der Waals surface area (Å²) in [5.41, 5.74) is 3.05. The number of rotatable bonds is 5. The molecule has 2 rings (SSSR count). The molecule has 0 radical (unpaired) electrons. The summed E-state index contributed by atoms with van der Waals surface area (Å²) < 4.78 is 0. The Balaban J connectivity index is 2.01. The van der Waals surface area contributed by atoms with E-state index in [4.69, 9.17) is 0 Å². The molecule has 1 aliphatic carbocycles. The molecule has 0 bridgehead atoms. The van der Waals surface area contributed by atoms with Gasteiger partial charge in [0.25, 0.3) is 0 Å². The van der Waals surface area contributed by atoms with E-state index in [0.29, 0.717) is 12.0 Å². The Bertz CT molecular complexity index is 331. The van der Waals surface area contributed by atoms with Crippen molar-refractivity contribution in [3.63, 3.8) is 0 Å². The van der Waals surface area contributed by atoms with Gasteiger partial charge in [0.05, 0.1) is 0 Å². The van der Waals surface area contributed by atoms with Crippen molar-refractivity contribution in [2.75, 3.05) is 6.54 Å². The van der Waals surface area contributed by atoms with Crippen LogP contribution >= 0.6 is 0 Å². The maximum atomic E-state index is 3.96. The monoisotopic (exact) mass is 215 g/mol. The largest absolute Gasteiger partial charge is 0.310 e. The summed E-state index contributed by atoms with van der Waals surface area (Å²) in [6, 6.07) is 9.27. The van der Waals surface area contributed by atoms with Crippen LogP contribution in [-0.2, 0) is 12.8 Å². The maximum Gasteiger partial charge on any atom is 0.0282 e. The average Bonchev–Trinajstić information content (AvgIpc) is 2.73. The van der Waals surface area contributed by atoms with E-state index < -0.39 is 0 Å². The van der Waals surface area contributed by atoms with Gasteiger partial charge in [-0.2, -0.15) is 0 Å². The van der Waals surface area contributed by atoms with Gasteiger partial charge in [-0.15, -0.1) is 6.58 Å². The van der Waals surface area contributed by atoms with Crippen LogP contribution in [0, 0.1) is 5.92 Å². The fourth-order valence-electron chi connectivity index (χ4n) is 2.60. The van der Waals surface area contributed by atoms with E-state index in [1.54, 1.807) is 0 Å². The normalized spacial score (nSPS) is 17.1. The minimum absolute atomic E-state index is 0.465. The highest BCUT2D eigenvalue weighted by Gasteiger charge is 2.26. The van der Waals surface area contributed by atoms with E-state index in [1.807, 2.05) is 0 Å². The van der Waals surface area contributed by atoms with Crippen molar-refractivity contribution < 1.29 is 0 Å². The SMILES string of the molecule is C=CC(NCCC)C1Cc2ccccc2C1. The molecular formula is C15H21N. The lowest BCUT2D eigenvalue weighted by Gasteiger charge is -2.21. The standard InChI is InChI=1S/C15H21N/c1-3-9-16-15(4-2)14-10-12-7-5-6-8-13(12)11-14/h4-8,14-16H,2-3,9-11H2,1H3. The molecule has 0 amide bonds. The molecule has 0 heterocycles. The quantitative estimate of drug-likeness (QED) is 0.745. The van der Waals surface area contributed by atoms with E-state index in [2.05, 4.69) is 49.2 Å². The molecule has 0 fully saturated rings. The lowest BCUT2D eigenvalue weighted by atomic mass is 9.96. The summed E-state index contributed by atoms with van der Waals surface area (Å²) in [5, 5.41) is 3.58. The van der Waals surface area contributed by atoms with Gasteiger partial charge < -0.3 is 5.32 Å². The maximum absolute atomic E-state index is 3.96. The predicted molar refractivity (Wildman–Crippen MR) is 69.6 cm³/mol. The molecule has 1 aliphatic rings. The van der Waals surface area contributed by atoms with Crippen molar-refractivity contribution in [3.05, 3.63) is 48.0 Å². The predicted octanol–water partition coefficient (Wildman–Crippen LogP) is 2.96. The zero-order valence-corrected chi connectivity index (χ0v) is 10.1. The van der Waals surface area contributed by atoms with E-state index in [9.17, 15) is 0 Å².